The van der Waals surface area contributed by atoms with E-state index in [-0.39, 0.29) is 31.6 Å². The number of aliphatic hydroxyl groups excluding tert-OH is 1. The molecule has 3 saturated heterocycles. The summed E-state index contributed by atoms with van der Waals surface area (Å²) in [7, 11) is 0. The zero-order valence-electron chi connectivity index (χ0n) is 24.3. The van der Waals surface area contributed by atoms with Crippen LogP contribution in [0.5, 0.6) is 0 Å². The van der Waals surface area contributed by atoms with Gasteiger partial charge in [0.05, 0.1) is 30.8 Å². The summed E-state index contributed by atoms with van der Waals surface area (Å²) in [5, 5.41) is 10.7. The molecule has 40 heavy (non-hydrogen) atoms. The van der Waals surface area contributed by atoms with Gasteiger partial charge < -0.3 is 24.4 Å². The van der Waals surface area contributed by atoms with Crippen molar-refractivity contribution in [3.63, 3.8) is 0 Å². The van der Waals surface area contributed by atoms with Crippen LogP contribution in [-0.2, 0) is 23.9 Å². The predicted octanol–water partition coefficient (Wildman–Crippen LogP) is 4.20. The molecule has 0 radical (unpaired) electrons. The molecular weight excluding hydrogens is 508 g/mol. The first-order chi connectivity index (χ1) is 19.0. The van der Waals surface area contributed by atoms with E-state index in [9.17, 15) is 19.5 Å². The van der Waals surface area contributed by atoms with Gasteiger partial charge in [-0.1, -0.05) is 49.4 Å². The van der Waals surface area contributed by atoms with Crippen molar-refractivity contribution >= 4 is 17.8 Å². The Labute approximate surface area is 238 Å². The standard InChI is InChI=1S/C32H44N2O6/c1-7-10-14-20-39-29(38)25-24-27(36)34(23(21-35)22-15-12-11-13-16-22)26(28(37)33(19-8-2)30(4,5)6)32(24)18-17-31(25,9-3)40-32/h7-8,11-13,15-16,23-26,35H,1-2,9-10,14,17-21H2,3-6H3/t23-,24+,25-,26?,31+,32?/m1/s1. The largest absolute Gasteiger partial charge is 0.465 e. The Balaban J connectivity index is 1.84. The molecule has 2 amide bonds. The molecule has 6 atom stereocenters. The molecule has 2 bridgehead atoms. The first-order valence-corrected chi connectivity index (χ1v) is 14.4. The number of aliphatic hydroxyl groups is 1. The monoisotopic (exact) mass is 552 g/mol. The number of esters is 1. The van der Waals surface area contributed by atoms with Crippen molar-refractivity contribution in [2.75, 3.05) is 19.8 Å². The Kier molecular flexibility index (Phi) is 8.62. The molecule has 1 N–H and O–H groups in total. The Hall–Kier alpha value is -2.97. The zero-order chi connectivity index (χ0) is 29.3. The van der Waals surface area contributed by atoms with Crippen LogP contribution in [0.4, 0.5) is 0 Å². The Morgan fingerprint density at radius 2 is 1.93 bits per heavy atom. The maximum absolute atomic E-state index is 14.6. The van der Waals surface area contributed by atoms with Crippen molar-refractivity contribution in [2.24, 2.45) is 11.8 Å². The fourth-order valence-corrected chi connectivity index (χ4v) is 7.12. The Bertz CT molecular complexity index is 1130. The summed E-state index contributed by atoms with van der Waals surface area (Å²) in [5.74, 6) is -2.80. The van der Waals surface area contributed by atoms with Crippen LogP contribution in [0.3, 0.4) is 0 Å². The van der Waals surface area contributed by atoms with Crippen molar-refractivity contribution in [3.05, 3.63) is 61.2 Å². The van der Waals surface area contributed by atoms with E-state index in [1.54, 1.807) is 17.1 Å². The molecule has 2 unspecified atom stereocenters. The molecule has 1 spiro atoms. The van der Waals surface area contributed by atoms with Crippen LogP contribution in [0, 0.1) is 11.8 Å². The number of amides is 2. The van der Waals surface area contributed by atoms with E-state index < -0.39 is 46.6 Å². The van der Waals surface area contributed by atoms with Gasteiger partial charge in [-0.25, -0.2) is 0 Å². The number of rotatable bonds is 12. The maximum atomic E-state index is 14.6. The fourth-order valence-electron chi connectivity index (χ4n) is 7.12. The highest BCUT2D eigenvalue weighted by Crippen LogP contribution is 2.65. The molecule has 3 aliphatic rings. The molecule has 8 heteroatoms. The molecule has 0 saturated carbocycles. The zero-order valence-corrected chi connectivity index (χ0v) is 24.3. The van der Waals surface area contributed by atoms with Gasteiger partial charge in [-0.15, -0.1) is 13.2 Å². The second-order valence-electron chi connectivity index (χ2n) is 12.2. The highest BCUT2D eigenvalue weighted by molar-refractivity contribution is 5.99. The van der Waals surface area contributed by atoms with E-state index in [2.05, 4.69) is 13.2 Å². The topological polar surface area (TPSA) is 96.4 Å². The van der Waals surface area contributed by atoms with E-state index in [0.29, 0.717) is 37.7 Å². The van der Waals surface area contributed by atoms with Gasteiger partial charge in [0.25, 0.3) is 0 Å². The molecule has 1 aromatic carbocycles. The maximum Gasteiger partial charge on any atom is 0.312 e. The quantitative estimate of drug-likeness (QED) is 0.237. The van der Waals surface area contributed by atoms with Crippen LogP contribution in [-0.4, -0.2) is 75.2 Å². The van der Waals surface area contributed by atoms with Crippen LogP contribution in [0.25, 0.3) is 0 Å². The lowest BCUT2D eigenvalue weighted by Crippen LogP contribution is -2.60. The first-order valence-electron chi connectivity index (χ1n) is 14.4. The van der Waals surface area contributed by atoms with Gasteiger partial charge in [-0.05, 0) is 58.4 Å². The molecule has 1 aromatic rings. The molecule has 0 aliphatic carbocycles. The summed E-state index contributed by atoms with van der Waals surface area (Å²) in [6, 6.07) is 7.41. The molecule has 218 valence electrons. The molecule has 0 aromatic heterocycles. The third-order valence-electron chi connectivity index (χ3n) is 8.98. The third kappa shape index (κ3) is 4.79. The predicted molar refractivity (Wildman–Crippen MR) is 152 cm³/mol. The summed E-state index contributed by atoms with van der Waals surface area (Å²) >= 11 is 0. The van der Waals surface area contributed by atoms with Crippen LogP contribution < -0.4 is 0 Å². The minimum absolute atomic E-state index is 0.224. The first kappa shape index (κ1) is 30.0. The Morgan fingerprint density at radius 3 is 2.50 bits per heavy atom. The van der Waals surface area contributed by atoms with E-state index in [1.807, 2.05) is 58.0 Å². The number of allylic oxidation sites excluding steroid dienone is 1. The van der Waals surface area contributed by atoms with Gasteiger partial charge in [0.2, 0.25) is 11.8 Å². The molecule has 3 fully saturated rings. The number of fused-ring (bicyclic) bond motifs is 1. The van der Waals surface area contributed by atoms with Crippen molar-refractivity contribution in [2.45, 2.75) is 88.6 Å². The SMILES string of the molecule is C=CCCCOC(=O)[C@H]1[C@H]2C(=O)N([C@H](CO)c3ccccc3)C(C(=O)N(CC=C)C(C)(C)C)C23CC[C@]1(CC)O3. The number of carbonyl (C=O) groups is 3. The number of unbranched alkanes of at least 4 members (excludes halogenated alkanes) is 1. The van der Waals surface area contributed by atoms with Gasteiger partial charge in [-0.2, -0.15) is 0 Å². The number of hydrogen-bond donors (Lipinski definition) is 1. The van der Waals surface area contributed by atoms with Gasteiger partial charge in [0.1, 0.15) is 17.6 Å². The lowest BCUT2D eigenvalue weighted by Gasteiger charge is -2.43. The smallest absolute Gasteiger partial charge is 0.312 e. The summed E-state index contributed by atoms with van der Waals surface area (Å²) in [6.07, 6.45) is 6.32. The molecule has 8 nitrogen and oxygen atoms in total. The van der Waals surface area contributed by atoms with Crippen LogP contribution in [0.2, 0.25) is 0 Å². The van der Waals surface area contributed by atoms with Crippen molar-refractivity contribution in [1.82, 2.24) is 9.80 Å². The lowest BCUT2D eigenvalue weighted by atomic mass is 9.65. The second kappa shape index (κ2) is 11.5. The summed E-state index contributed by atoms with van der Waals surface area (Å²) in [6.45, 7) is 15.5. The summed E-state index contributed by atoms with van der Waals surface area (Å²) in [4.78, 5) is 46.1. The third-order valence-corrected chi connectivity index (χ3v) is 8.98. The number of nitrogens with zero attached hydrogens (tertiary/aromatic N) is 2. The summed E-state index contributed by atoms with van der Waals surface area (Å²) in [5.41, 5.74) is -1.95. The van der Waals surface area contributed by atoms with Gasteiger partial charge in [-0.3, -0.25) is 14.4 Å². The molecule has 3 heterocycles. The van der Waals surface area contributed by atoms with Gasteiger partial charge in [0, 0.05) is 12.1 Å². The highest BCUT2D eigenvalue weighted by atomic mass is 16.6. The van der Waals surface area contributed by atoms with E-state index >= 15 is 0 Å². The van der Waals surface area contributed by atoms with Crippen molar-refractivity contribution in [1.29, 1.82) is 0 Å². The van der Waals surface area contributed by atoms with E-state index in [4.69, 9.17) is 9.47 Å². The molecular formula is C32H44N2O6. The summed E-state index contributed by atoms with van der Waals surface area (Å²) < 4.78 is 12.6. The number of carbonyl (C=O) groups excluding carboxylic acids is 3. The van der Waals surface area contributed by atoms with Crippen LogP contribution in [0.15, 0.2) is 55.6 Å². The molecule has 4 rings (SSSR count). The van der Waals surface area contributed by atoms with E-state index in [0.717, 1.165) is 0 Å². The van der Waals surface area contributed by atoms with Gasteiger partial charge in [0.15, 0.2) is 0 Å². The average Bonchev–Trinajstić information content (AvgIpc) is 3.54. The van der Waals surface area contributed by atoms with Gasteiger partial charge >= 0.3 is 5.97 Å². The molecule has 3 aliphatic heterocycles. The van der Waals surface area contributed by atoms with Crippen molar-refractivity contribution < 1.29 is 29.0 Å². The number of ether oxygens (including phenoxy) is 2. The number of hydrogen-bond acceptors (Lipinski definition) is 6. The van der Waals surface area contributed by atoms with Crippen LogP contribution in [0.1, 0.15) is 71.4 Å². The second-order valence-corrected chi connectivity index (χ2v) is 12.2. The lowest BCUT2D eigenvalue weighted by molar-refractivity contribution is -0.164. The Morgan fingerprint density at radius 1 is 1.23 bits per heavy atom. The number of likely N-dealkylation sites (tertiary alicyclic amines) is 1. The number of benzene rings is 1. The van der Waals surface area contributed by atoms with Crippen LogP contribution >= 0.6 is 0 Å². The van der Waals surface area contributed by atoms with E-state index in [1.165, 1.54) is 4.90 Å². The highest BCUT2D eigenvalue weighted by Gasteiger charge is 2.79. The fraction of sp³-hybridized carbons (Fsp3) is 0.594. The minimum atomic E-state index is -1.21. The minimum Gasteiger partial charge on any atom is -0.465 e. The van der Waals surface area contributed by atoms with Crippen molar-refractivity contribution in [3.8, 4) is 0 Å². The normalized spacial score (nSPS) is 29.7. The average molecular weight is 553 g/mol.